The zero-order valence-corrected chi connectivity index (χ0v) is 17.3. The van der Waals surface area contributed by atoms with E-state index >= 15 is 0 Å². The summed E-state index contributed by atoms with van der Waals surface area (Å²) in [5, 5.41) is 3.80. The van der Waals surface area contributed by atoms with Crippen LogP contribution in [0.5, 0.6) is 0 Å². The highest BCUT2D eigenvalue weighted by Gasteiger charge is 2.29. The summed E-state index contributed by atoms with van der Waals surface area (Å²) in [6.07, 6.45) is 3.12. The van der Waals surface area contributed by atoms with Gasteiger partial charge in [0.2, 0.25) is 11.6 Å². The van der Waals surface area contributed by atoms with Gasteiger partial charge in [0.15, 0.2) is 0 Å². The summed E-state index contributed by atoms with van der Waals surface area (Å²) in [5.41, 5.74) is 2.37. The number of carbonyl (C=O) groups excluding carboxylic acids is 2. The number of aryl methyl sites for hydroxylation is 2. The van der Waals surface area contributed by atoms with Crippen molar-refractivity contribution >= 4 is 34.5 Å². The van der Waals surface area contributed by atoms with Gasteiger partial charge in [0, 0.05) is 18.7 Å². The number of esters is 1. The quantitative estimate of drug-likeness (QED) is 0.660. The zero-order valence-electron chi connectivity index (χ0n) is 17.3. The van der Waals surface area contributed by atoms with E-state index in [1.807, 2.05) is 13.8 Å². The van der Waals surface area contributed by atoms with E-state index in [-0.39, 0.29) is 11.8 Å². The van der Waals surface area contributed by atoms with Crippen LogP contribution in [0.1, 0.15) is 34.5 Å². The van der Waals surface area contributed by atoms with Crippen LogP contribution in [0, 0.1) is 19.8 Å². The van der Waals surface area contributed by atoms with Crippen molar-refractivity contribution in [2.45, 2.75) is 26.7 Å². The molecule has 156 valence electrons. The van der Waals surface area contributed by atoms with Gasteiger partial charge in [-0.3, -0.25) is 4.79 Å². The van der Waals surface area contributed by atoms with Crippen LogP contribution in [0.25, 0.3) is 11.1 Å². The Morgan fingerprint density at radius 3 is 2.83 bits per heavy atom. The molecule has 0 aliphatic carbocycles. The molecule has 2 aromatic heterocycles. The van der Waals surface area contributed by atoms with Crippen LogP contribution in [-0.4, -0.2) is 42.0 Å². The van der Waals surface area contributed by atoms with E-state index in [4.69, 9.17) is 9.15 Å². The van der Waals surface area contributed by atoms with Gasteiger partial charge in [-0.1, -0.05) is 12.1 Å². The molecule has 4 rings (SSSR count). The number of hydrogen-bond acceptors (Lipinski definition) is 7. The average molecular weight is 408 g/mol. The Morgan fingerprint density at radius 1 is 1.23 bits per heavy atom. The lowest BCUT2D eigenvalue weighted by molar-refractivity contribution is -0.120. The largest absolute Gasteiger partial charge is 0.465 e. The first kappa shape index (κ1) is 19.9. The molecule has 3 heterocycles. The number of hydrogen-bond donors (Lipinski definition) is 1. The van der Waals surface area contributed by atoms with E-state index in [1.54, 1.807) is 24.3 Å². The first-order valence-corrected chi connectivity index (χ1v) is 9.93. The van der Waals surface area contributed by atoms with E-state index < -0.39 is 5.97 Å². The second-order valence-electron chi connectivity index (χ2n) is 7.47. The average Bonchev–Trinajstić information content (AvgIpc) is 3.07. The molecule has 0 spiro atoms. The number of fused-ring (bicyclic) bond motifs is 1. The number of carbonyl (C=O) groups is 2. The van der Waals surface area contributed by atoms with Crippen LogP contribution in [0.3, 0.4) is 0 Å². The van der Waals surface area contributed by atoms with Crippen molar-refractivity contribution in [3.05, 3.63) is 47.5 Å². The fraction of sp³-hybridized carbons (Fsp3) is 0.364. The van der Waals surface area contributed by atoms with Crippen molar-refractivity contribution in [2.24, 2.45) is 5.92 Å². The maximum absolute atomic E-state index is 13.0. The maximum Gasteiger partial charge on any atom is 0.339 e. The Hall–Kier alpha value is -3.42. The van der Waals surface area contributed by atoms with Crippen LogP contribution in [0.4, 0.5) is 11.5 Å². The number of aromatic nitrogens is 2. The summed E-state index contributed by atoms with van der Waals surface area (Å²) in [7, 11) is 1.32. The smallest absolute Gasteiger partial charge is 0.339 e. The van der Waals surface area contributed by atoms with Crippen molar-refractivity contribution in [3.8, 4) is 0 Å². The van der Waals surface area contributed by atoms with Gasteiger partial charge in [0.1, 0.15) is 17.9 Å². The summed E-state index contributed by atoms with van der Waals surface area (Å²) < 4.78 is 10.5. The Morgan fingerprint density at radius 2 is 2.03 bits per heavy atom. The lowest BCUT2D eigenvalue weighted by Crippen LogP contribution is -2.41. The zero-order chi connectivity index (χ0) is 21.3. The van der Waals surface area contributed by atoms with Gasteiger partial charge in [0.25, 0.3) is 0 Å². The number of rotatable bonds is 4. The molecule has 8 nitrogen and oxygen atoms in total. The minimum atomic E-state index is -0.481. The fourth-order valence-corrected chi connectivity index (χ4v) is 3.90. The molecule has 1 fully saturated rings. The summed E-state index contributed by atoms with van der Waals surface area (Å²) in [5.74, 6) is 0.772. The Labute approximate surface area is 174 Å². The third kappa shape index (κ3) is 3.60. The minimum Gasteiger partial charge on any atom is -0.465 e. The molecule has 0 bridgehead atoms. The monoisotopic (exact) mass is 408 g/mol. The second-order valence-corrected chi connectivity index (χ2v) is 7.47. The van der Waals surface area contributed by atoms with Gasteiger partial charge in [-0.2, -0.15) is 0 Å². The van der Waals surface area contributed by atoms with E-state index in [0.717, 1.165) is 41.9 Å². The molecule has 1 saturated heterocycles. The number of para-hydroxylation sites is 1. The SMILES string of the molecule is COC(=O)c1ccccc1NC(=O)C1CCCN(c2ncnc3oc(C)c(C)c23)C1. The topological polar surface area (TPSA) is 97.6 Å². The van der Waals surface area contributed by atoms with Crippen LogP contribution >= 0.6 is 0 Å². The summed E-state index contributed by atoms with van der Waals surface area (Å²) >= 11 is 0. The molecule has 1 unspecified atom stereocenters. The molecule has 1 N–H and O–H groups in total. The van der Waals surface area contributed by atoms with Gasteiger partial charge in [-0.15, -0.1) is 0 Å². The van der Waals surface area contributed by atoms with Crippen molar-refractivity contribution < 1.29 is 18.7 Å². The highest BCUT2D eigenvalue weighted by atomic mass is 16.5. The second kappa shape index (κ2) is 8.14. The van der Waals surface area contributed by atoms with Crippen molar-refractivity contribution in [2.75, 3.05) is 30.4 Å². The molecule has 0 radical (unpaired) electrons. The Balaban J connectivity index is 1.56. The Kier molecular flexibility index (Phi) is 5.39. The summed E-state index contributed by atoms with van der Waals surface area (Å²) in [4.78, 5) is 35.8. The predicted molar refractivity (Wildman–Crippen MR) is 113 cm³/mol. The Bertz CT molecular complexity index is 1110. The number of ether oxygens (including phenoxy) is 1. The number of benzene rings is 1. The van der Waals surface area contributed by atoms with Crippen molar-refractivity contribution in [1.82, 2.24) is 9.97 Å². The molecule has 1 aliphatic heterocycles. The van der Waals surface area contributed by atoms with E-state index in [2.05, 4.69) is 20.2 Å². The standard InChI is InChI=1S/C22H24N4O4/c1-13-14(2)30-21-18(13)19(23-12-24-21)26-10-6-7-15(11-26)20(27)25-17-9-5-4-8-16(17)22(28)29-3/h4-5,8-9,12,15H,6-7,10-11H2,1-3H3,(H,25,27). The number of piperidine rings is 1. The molecular weight excluding hydrogens is 384 g/mol. The number of amides is 1. The number of furan rings is 1. The van der Waals surface area contributed by atoms with E-state index in [0.29, 0.717) is 23.5 Å². The highest BCUT2D eigenvalue weighted by molar-refractivity contribution is 6.02. The van der Waals surface area contributed by atoms with E-state index in [1.165, 1.54) is 13.4 Å². The molecule has 3 aromatic rings. The summed E-state index contributed by atoms with van der Waals surface area (Å²) in [6, 6.07) is 6.85. The molecule has 1 aliphatic rings. The van der Waals surface area contributed by atoms with Gasteiger partial charge < -0.3 is 19.4 Å². The van der Waals surface area contributed by atoms with Crippen LogP contribution in [0.2, 0.25) is 0 Å². The number of nitrogens with one attached hydrogen (secondary N) is 1. The first-order valence-electron chi connectivity index (χ1n) is 9.93. The van der Waals surface area contributed by atoms with E-state index in [9.17, 15) is 9.59 Å². The molecule has 8 heteroatoms. The molecule has 0 saturated carbocycles. The minimum absolute atomic E-state index is 0.124. The third-order valence-electron chi connectivity index (χ3n) is 5.63. The molecular formula is C22H24N4O4. The predicted octanol–water partition coefficient (Wildman–Crippen LogP) is 3.48. The maximum atomic E-state index is 13.0. The fourth-order valence-electron chi connectivity index (χ4n) is 3.90. The number of anilines is 2. The van der Waals surface area contributed by atoms with Crippen molar-refractivity contribution in [1.29, 1.82) is 0 Å². The molecule has 1 amide bonds. The van der Waals surface area contributed by atoms with Gasteiger partial charge in [-0.25, -0.2) is 14.8 Å². The number of methoxy groups -OCH3 is 1. The van der Waals surface area contributed by atoms with Gasteiger partial charge >= 0.3 is 5.97 Å². The normalized spacial score (nSPS) is 16.5. The van der Waals surface area contributed by atoms with Crippen LogP contribution in [-0.2, 0) is 9.53 Å². The van der Waals surface area contributed by atoms with Gasteiger partial charge in [-0.05, 0) is 38.8 Å². The lowest BCUT2D eigenvalue weighted by atomic mass is 9.96. The number of nitrogens with zero attached hydrogens (tertiary/aromatic N) is 3. The van der Waals surface area contributed by atoms with Gasteiger partial charge in [0.05, 0.1) is 29.7 Å². The summed E-state index contributed by atoms with van der Waals surface area (Å²) in [6.45, 7) is 5.23. The van der Waals surface area contributed by atoms with Crippen LogP contribution in [0.15, 0.2) is 35.0 Å². The lowest BCUT2D eigenvalue weighted by Gasteiger charge is -2.33. The van der Waals surface area contributed by atoms with Crippen LogP contribution < -0.4 is 10.2 Å². The highest BCUT2D eigenvalue weighted by Crippen LogP contribution is 2.33. The molecule has 30 heavy (non-hydrogen) atoms. The van der Waals surface area contributed by atoms with Crippen molar-refractivity contribution in [3.63, 3.8) is 0 Å². The molecule has 1 aromatic carbocycles. The third-order valence-corrected chi connectivity index (χ3v) is 5.63. The molecule has 1 atom stereocenters. The first-order chi connectivity index (χ1) is 14.5.